The molecule has 0 radical (unpaired) electrons. The van der Waals surface area contributed by atoms with Crippen LogP contribution in [0.2, 0.25) is 5.02 Å². The largest absolute Gasteiger partial charge is 0.389 e. The van der Waals surface area contributed by atoms with Crippen LogP contribution in [0.4, 0.5) is 5.69 Å². The summed E-state index contributed by atoms with van der Waals surface area (Å²) >= 11 is 11.1. The van der Waals surface area contributed by atoms with Crippen molar-refractivity contribution in [3.63, 3.8) is 0 Å². The van der Waals surface area contributed by atoms with Crippen molar-refractivity contribution in [2.45, 2.75) is 13.0 Å². The summed E-state index contributed by atoms with van der Waals surface area (Å²) in [7, 11) is 0. The third-order valence-electron chi connectivity index (χ3n) is 2.73. The van der Waals surface area contributed by atoms with E-state index in [-0.39, 0.29) is 0 Å². The molecule has 19 heavy (non-hydrogen) atoms. The van der Waals surface area contributed by atoms with Crippen LogP contribution in [-0.4, -0.2) is 21.1 Å². The lowest BCUT2D eigenvalue weighted by Crippen LogP contribution is -2.15. The van der Waals surface area contributed by atoms with Crippen LogP contribution in [-0.2, 0) is 6.54 Å². The fraction of sp³-hybridized carbons (Fsp3) is 0.231. The third-order valence-corrected chi connectivity index (χ3v) is 3.25. The van der Waals surface area contributed by atoms with E-state index in [4.69, 9.17) is 29.6 Å². The first-order valence-corrected chi connectivity index (χ1v) is 6.75. The predicted molar refractivity (Wildman–Crippen MR) is 82.7 cm³/mol. The van der Waals surface area contributed by atoms with E-state index in [2.05, 4.69) is 10.3 Å². The lowest BCUT2D eigenvalue weighted by molar-refractivity contribution is 0.661. The van der Waals surface area contributed by atoms with Crippen LogP contribution in [0, 0.1) is 0 Å². The van der Waals surface area contributed by atoms with Crippen LogP contribution in [0.5, 0.6) is 0 Å². The van der Waals surface area contributed by atoms with Gasteiger partial charge >= 0.3 is 0 Å². The van der Waals surface area contributed by atoms with Crippen LogP contribution in [0.1, 0.15) is 12.0 Å². The van der Waals surface area contributed by atoms with Crippen LogP contribution in [0.25, 0.3) is 0 Å². The van der Waals surface area contributed by atoms with Gasteiger partial charge in [0, 0.05) is 31.2 Å². The van der Waals surface area contributed by atoms with Crippen molar-refractivity contribution in [2.24, 2.45) is 5.73 Å². The number of benzene rings is 1. The summed E-state index contributed by atoms with van der Waals surface area (Å²) in [5.74, 6) is 0. The molecule has 0 unspecified atom stereocenters. The number of imidazole rings is 1. The van der Waals surface area contributed by atoms with Crippen molar-refractivity contribution in [1.29, 1.82) is 0 Å². The average Bonchev–Trinajstić information content (AvgIpc) is 2.87. The van der Waals surface area contributed by atoms with Gasteiger partial charge in [-0.3, -0.25) is 0 Å². The molecular formula is C13H15ClN4S. The molecule has 4 nitrogen and oxygen atoms in total. The van der Waals surface area contributed by atoms with Gasteiger partial charge in [-0.2, -0.15) is 0 Å². The van der Waals surface area contributed by atoms with Gasteiger partial charge in [-0.05, 0) is 18.6 Å². The van der Waals surface area contributed by atoms with Crippen LogP contribution in [0.15, 0.2) is 36.9 Å². The molecule has 3 N–H and O–H groups in total. The van der Waals surface area contributed by atoms with E-state index in [0.717, 1.165) is 25.2 Å². The van der Waals surface area contributed by atoms with Gasteiger partial charge in [-0.1, -0.05) is 29.9 Å². The van der Waals surface area contributed by atoms with Crippen molar-refractivity contribution in [3.05, 3.63) is 47.5 Å². The van der Waals surface area contributed by atoms with Crippen molar-refractivity contribution in [1.82, 2.24) is 9.55 Å². The molecule has 0 aliphatic heterocycles. The van der Waals surface area contributed by atoms with Crippen LogP contribution < -0.4 is 11.1 Å². The normalized spacial score (nSPS) is 10.4. The minimum Gasteiger partial charge on any atom is -0.389 e. The number of halogens is 1. The average molecular weight is 295 g/mol. The van der Waals surface area contributed by atoms with Gasteiger partial charge < -0.3 is 15.6 Å². The molecule has 0 spiro atoms. The first-order chi connectivity index (χ1) is 9.18. The summed E-state index contributed by atoms with van der Waals surface area (Å²) in [4.78, 5) is 4.31. The summed E-state index contributed by atoms with van der Waals surface area (Å²) in [6.07, 6.45) is 6.49. The Morgan fingerprint density at radius 3 is 3.00 bits per heavy atom. The highest BCUT2D eigenvalue weighted by atomic mass is 35.5. The smallest absolute Gasteiger partial charge is 0.107 e. The van der Waals surface area contributed by atoms with E-state index in [0.29, 0.717) is 15.6 Å². The first-order valence-electron chi connectivity index (χ1n) is 5.96. The molecule has 0 aliphatic carbocycles. The highest BCUT2D eigenvalue weighted by Gasteiger charge is 2.08. The Morgan fingerprint density at radius 1 is 1.47 bits per heavy atom. The van der Waals surface area contributed by atoms with Gasteiger partial charge in [-0.25, -0.2) is 4.98 Å². The molecule has 1 aromatic carbocycles. The maximum absolute atomic E-state index is 6.10. The first kappa shape index (κ1) is 13.8. The quantitative estimate of drug-likeness (QED) is 0.635. The molecule has 2 aromatic rings. The van der Waals surface area contributed by atoms with Gasteiger partial charge in [0.25, 0.3) is 0 Å². The molecule has 0 saturated carbocycles. The number of nitrogens with zero attached hydrogens (tertiary/aromatic N) is 2. The van der Waals surface area contributed by atoms with Gasteiger partial charge in [0.15, 0.2) is 0 Å². The highest BCUT2D eigenvalue weighted by molar-refractivity contribution is 7.80. The van der Waals surface area contributed by atoms with Gasteiger partial charge in [-0.15, -0.1) is 0 Å². The number of rotatable bonds is 6. The van der Waals surface area contributed by atoms with Crippen LogP contribution in [0.3, 0.4) is 0 Å². The number of anilines is 1. The molecule has 2 rings (SSSR count). The predicted octanol–water partition coefficient (Wildman–Crippen LogP) is 2.67. The molecule has 0 atom stereocenters. The maximum atomic E-state index is 6.10. The molecule has 6 heteroatoms. The van der Waals surface area contributed by atoms with Crippen molar-refractivity contribution in [3.8, 4) is 0 Å². The molecule has 100 valence electrons. The van der Waals surface area contributed by atoms with E-state index in [1.807, 2.05) is 22.9 Å². The summed E-state index contributed by atoms with van der Waals surface area (Å²) in [6.45, 7) is 1.73. The van der Waals surface area contributed by atoms with Crippen molar-refractivity contribution >= 4 is 34.5 Å². The number of hydrogen-bond donors (Lipinski definition) is 2. The molecule has 0 aliphatic rings. The van der Waals surface area contributed by atoms with Crippen molar-refractivity contribution < 1.29 is 0 Å². The Kier molecular flexibility index (Phi) is 4.76. The minimum atomic E-state index is 0.308. The van der Waals surface area contributed by atoms with Gasteiger partial charge in [0.2, 0.25) is 0 Å². The topological polar surface area (TPSA) is 55.9 Å². The Hall–Kier alpha value is -1.59. The number of thiocarbonyl (C=S) groups is 1. The highest BCUT2D eigenvalue weighted by Crippen LogP contribution is 2.24. The second-order valence-electron chi connectivity index (χ2n) is 4.11. The second kappa shape index (κ2) is 6.54. The van der Waals surface area contributed by atoms with Crippen molar-refractivity contribution in [2.75, 3.05) is 11.9 Å². The standard InChI is InChI=1S/C13H15ClN4S/c14-10-3-1-4-11(12(10)13(15)19)17-5-2-7-18-8-6-16-9-18/h1,3-4,6,8-9,17H,2,5,7H2,(H2,15,19). The molecular weight excluding hydrogens is 280 g/mol. The summed E-state index contributed by atoms with van der Waals surface area (Å²) in [6, 6.07) is 5.59. The monoisotopic (exact) mass is 294 g/mol. The number of nitrogens with two attached hydrogens (primary N) is 1. The zero-order valence-electron chi connectivity index (χ0n) is 10.3. The zero-order valence-corrected chi connectivity index (χ0v) is 11.9. The Morgan fingerprint density at radius 2 is 2.32 bits per heavy atom. The Bertz CT molecular complexity index is 554. The minimum absolute atomic E-state index is 0.308. The molecule has 0 amide bonds. The second-order valence-corrected chi connectivity index (χ2v) is 4.95. The summed E-state index contributed by atoms with van der Waals surface area (Å²) in [5.41, 5.74) is 7.28. The fourth-order valence-corrected chi connectivity index (χ4v) is 2.38. The SMILES string of the molecule is NC(=S)c1c(Cl)cccc1NCCCn1ccnc1. The molecule has 0 saturated heterocycles. The summed E-state index contributed by atoms with van der Waals surface area (Å²) in [5, 5.41) is 3.89. The van der Waals surface area contributed by atoms with E-state index >= 15 is 0 Å². The lowest BCUT2D eigenvalue weighted by atomic mass is 10.1. The summed E-state index contributed by atoms with van der Waals surface area (Å²) < 4.78 is 2.04. The van der Waals surface area contributed by atoms with E-state index in [1.165, 1.54) is 0 Å². The maximum Gasteiger partial charge on any atom is 0.107 e. The fourth-order valence-electron chi connectivity index (χ4n) is 1.83. The van der Waals surface area contributed by atoms with E-state index in [9.17, 15) is 0 Å². The van der Waals surface area contributed by atoms with Crippen LogP contribution >= 0.6 is 23.8 Å². The van der Waals surface area contributed by atoms with Gasteiger partial charge in [0.1, 0.15) is 4.99 Å². The number of nitrogens with one attached hydrogen (secondary N) is 1. The number of aryl methyl sites for hydroxylation is 1. The number of hydrogen-bond acceptors (Lipinski definition) is 3. The molecule has 0 bridgehead atoms. The van der Waals surface area contributed by atoms with E-state index in [1.54, 1.807) is 18.6 Å². The Balaban J connectivity index is 1.92. The zero-order chi connectivity index (χ0) is 13.7. The number of aromatic nitrogens is 2. The lowest BCUT2D eigenvalue weighted by Gasteiger charge is -2.12. The Labute approximate surface area is 122 Å². The van der Waals surface area contributed by atoms with Gasteiger partial charge in [0.05, 0.1) is 16.9 Å². The molecule has 0 fully saturated rings. The molecule has 1 aromatic heterocycles. The molecule has 1 heterocycles. The van der Waals surface area contributed by atoms with E-state index < -0.39 is 0 Å². The third kappa shape index (κ3) is 3.68.